The van der Waals surface area contributed by atoms with E-state index in [4.69, 9.17) is 81.9 Å². The summed E-state index contributed by atoms with van der Waals surface area (Å²) in [6, 6.07) is 0. The van der Waals surface area contributed by atoms with Gasteiger partial charge in [-0.1, -0.05) is 152 Å². The van der Waals surface area contributed by atoms with Crippen molar-refractivity contribution in [1.29, 1.82) is 0 Å². The van der Waals surface area contributed by atoms with Crippen LogP contribution in [0.15, 0.2) is 9.98 Å². The van der Waals surface area contributed by atoms with Gasteiger partial charge in [-0.2, -0.15) is 70.6 Å². The molecule has 2 aliphatic carbocycles. The minimum atomic E-state index is -5.94. The average molecular weight is 2320 g/mol. The molecule has 6 radical (unpaired) electrons. The number of aliphatic imine (C=N–C) groups is 2. The normalized spacial score (nSPS) is 15.5. The molecular weight excluding hydrogens is 2130 g/mol. The zero-order valence-electron chi connectivity index (χ0n) is 87.8. The molecule has 47 heteroatoms. The van der Waals surface area contributed by atoms with E-state index in [1.807, 2.05) is 78.3 Å². The van der Waals surface area contributed by atoms with Crippen molar-refractivity contribution < 1.29 is 173 Å². The van der Waals surface area contributed by atoms with Crippen LogP contribution in [0.5, 0.6) is 0 Å². The van der Waals surface area contributed by atoms with Crippen LogP contribution in [0, 0.1) is 0 Å². The van der Waals surface area contributed by atoms with E-state index in [1.54, 1.807) is 7.05 Å². The molecule has 34 nitrogen and oxygen atoms in total. The summed E-state index contributed by atoms with van der Waals surface area (Å²) >= 11 is 9.05. The van der Waals surface area contributed by atoms with Crippen molar-refractivity contribution in [1.82, 2.24) is 10.1 Å². The van der Waals surface area contributed by atoms with Crippen LogP contribution in [-0.4, -0.2) is 343 Å². The molecule has 0 aromatic carbocycles. The second-order valence-electron chi connectivity index (χ2n) is 31.7. The second kappa shape index (κ2) is 118. The molecule has 0 aromatic rings. The molecule has 4 rings (SSSR count). The van der Waals surface area contributed by atoms with Crippen molar-refractivity contribution >= 4 is 212 Å². The average Bonchev–Trinajstić information content (AvgIpc) is 1.85. The number of unbranched alkanes of at least 4 members (excludes halogenated alkanes) is 9. The SMILES string of the molecule is C.C.CCCCSC(C=NC)C(C=NC)SCCCC(=O)COCCOCC(C)=O.CCCCSC(C=O)C(SCCCC(=O)COCCOCC(C)=O)C(C)=O.CCCCSC1CCC1SCCCC(=O)COCCOCC(C)=O.CN.NCCSC1CCC1SCCN.O=C(CCOCCC(=O)ON1C(=O)CCC1=O)ON1C(=O)CCC1=O.[B]CCCCC.[B]CCCCC.[B]CCCCC.[Na+].[O-][I+3]([O-])([O-])[O-]. The fraction of sp³-hybridized carbons (Fsp3) is 0.835. The summed E-state index contributed by atoms with van der Waals surface area (Å²) in [4.78, 5) is 176. The molecule has 0 aromatic heterocycles. The summed E-state index contributed by atoms with van der Waals surface area (Å²) in [6.07, 6.45) is 34.7. The van der Waals surface area contributed by atoms with Crippen LogP contribution in [0.25, 0.3) is 0 Å². The van der Waals surface area contributed by atoms with Gasteiger partial charge in [0, 0.05) is 117 Å². The molecule has 144 heavy (non-hydrogen) atoms. The minimum Gasteiger partial charge on any atom is -0.380 e. The van der Waals surface area contributed by atoms with Gasteiger partial charge in [-0.15, -0.1) is 33.7 Å². The number of ketones is 7. The third-order valence-corrected chi connectivity index (χ3v) is 30.8. The molecular formula is C97H180B3IN7NaO27S8. The molecule has 0 spiro atoms. The molecule has 0 bridgehead atoms. The molecule has 8 unspecified atom stereocenters. The van der Waals surface area contributed by atoms with Crippen molar-refractivity contribution in [2.45, 2.75) is 344 Å². The van der Waals surface area contributed by atoms with Gasteiger partial charge in [0.25, 0.3) is 23.6 Å². The monoisotopic (exact) mass is 2310 g/mol. The first-order valence-corrected chi connectivity index (χ1v) is 61.2. The van der Waals surface area contributed by atoms with Crippen molar-refractivity contribution in [3.63, 3.8) is 0 Å². The summed E-state index contributed by atoms with van der Waals surface area (Å²) in [5, 5.41) is 4.14. The first-order valence-electron chi connectivity index (χ1n) is 49.2. The van der Waals surface area contributed by atoms with E-state index in [9.17, 15) is 67.1 Å². The number of ether oxygens (including phenoxy) is 7. The third kappa shape index (κ3) is 108. The number of hydrogen-bond acceptors (Lipinski definition) is 40. The van der Waals surface area contributed by atoms with Gasteiger partial charge in [-0.25, -0.2) is 9.59 Å². The van der Waals surface area contributed by atoms with Gasteiger partial charge in [0.15, 0.2) is 34.7 Å². The summed E-state index contributed by atoms with van der Waals surface area (Å²) in [7, 11) is 20.7. The van der Waals surface area contributed by atoms with E-state index in [2.05, 4.69) is 78.7 Å². The van der Waals surface area contributed by atoms with Crippen LogP contribution in [0.3, 0.4) is 0 Å². The zero-order chi connectivity index (χ0) is 107. The number of thioether (sulfide) groups is 8. The number of nitrogens with two attached hydrogens (primary N) is 3. The number of aldehydes is 1. The van der Waals surface area contributed by atoms with Gasteiger partial charge in [-0.3, -0.25) is 76.5 Å². The molecule has 4 aliphatic rings. The molecule has 2 saturated heterocycles. The Balaban J connectivity index is -0.000000214. The van der Waals surface area contributed by atoms with Gasteiger partial charge in [0.2, 0.25) is 0 Å². The number of nitrogens with zero attached hydrogens (tertiary/aromatic N) is 4. The number of halogens is 1. The van der Waals surface area contributed by atoms with Crippen molar-refractivity contribution in [2.75, 3.05) is 173 Å². The predicted octanol–water partition coefficient (Wildman–Crippen LogP) is 5.16. The number of Topliss-reactive ketones (excluding diaryl/α,β-unsaturated/α-hetero) is 7. The Labute approximate surface area is 931 Å². The zero-order valence-corrected chi connectivity index (χ0v) is 98.5. The Morgan fingerprint density at radius 1 is 0.389 bits per heavy atom. The Kier molecular flexibility index (Phi) is 131. The summed E-state index contributed by atoms with van der Waals surface area (Å²) in [5.74, 6) is 4.37. The van der Waals surface area contributed by atoms with Gasteiger partial charge in [0.1, 0.15) is 71.8 Å². The number of rotatable bonds is 77. The number of hydrogen-bond donors (Lipinski definition) is 3. The summed E-state index contributed by atoms with van der Waals surface area (Å²) in [5.41, 5.74) is 15.4. The van der Waals surface area contributed by atoms with Crippen molar-refractivity contribution in [2.24, 2.45) is 27.2 Å². The third-order valence-electron chi connectivity index (χ3n) is 18.7. The number of imide groups is 2. The number of hydroxylamine groups is 4. The van der Waals surface area contributed by atoms with Gasteiger partial charge >= 0.3 is 41.5 Å². The first kappa shape index (κ1) is 160. The number of carbonyl (C=O) groups excluding carboxylic acids is 14. The van der Waals surface area contributed by atoms with Crippen LogP contribution < -0.4 is 80.6 Å². The summed E-state index contributed by atoms with van der Waals surface area (Å²) < 4.78 is 70.5. The standard InChI is InChI=1S/C20H36N2O4S2.C19H32O6S2.C18H32O4S2.C14H16N2O9.C8H18N2S2.3C5H11B.CH5N.2CH4.IO4.Na/c1-5-6-11-27-19(13-21-3)20(14-22-4)28-12-7-8-18(24)16-26-10-9-25-15-17(2)23;1-4-5-10-26-18(12-20)19(16(3)22)27-11-6-7-17(23)14-25-9-8-24-13-15(2)21;1-3-4-11-23-17-7-8-18(17)24-12-5-6-16(20)14-22-10-9-21-13-15(2)19;17-9-1-2-10(18)15(9)24-13(21)5-7-23-8-6-14(22)25-16-11(19)3-4-12(16)20;9-3-5-11-7-1-2-8(7)12-6-4-10;3*1-2-3-4-5-6;1-2;;;2-1(3,4)5;/h13-14,19-20H,5-12,15-16H2,1-4H3;12,18-19H,4-11,13-14H2,1-3H3;17-18H,3-14H2,1-2H3;1-8H2;7-8H,1-6,9-10H2;3*2-5H2,1H3;2H2,1H3;2*1H4;;/q;;;;;;;;;;;-1;+1. The topological polar surface area (TPSA) is 524 Å². The first-order chi connectivity index (χ1) is 67.6. The quantitative estimate of drug-likeness (QED) is 0.0177. The van der Waals surface area contributed by atoms with E-state index in [0.29, 0.717) is 73.2 Å². The van der Waals surface area contributed by atoms with Crippen LogP contribution in [0.1, 0.15) is 283 Å². The van der Waals surface area contributed by atoms with Crippen LogP contribution in [0.2, 0.25) is 19.0 Å². The second-order valence-corrected chi connectivity index (χ2v) is 44.4. The number of carbonyl (C=O) groups is 14. The van der Waals surface area contributed by atoms with Gasteiger partial charge in [-0.05, 0) is 133 Å². The molecule has 8 atom stereocenters. The van der Waals surface area contributed by atoms with E-state index >= 15 is 0 Å². The maximum Gasteiger partial charge on any atom is 1.00 e. The molecule has 2 saturated carbocycles. The Morgan fingerprint density at radius 3 is 0.896 bits per heavy atom. The Hall–Kier alpha value is -1.92. The molecule has 6 N–H and O–H groups in total. The van der Waals surface area contributed by atoms with Crippen molar-refractivity contribution in [3.8, 4) is 0 Å². The maximum atomic E-state index is 11.9. The van der Waals surface area contributed by atoms with E-state index in [0.717, 1.165) is 120 Å². The molecule has 2 heterocycles. The Bertz CT molecular complexity index is 3100. The van der Waals surface area contributed by atoms with Crippen molar-refractivity contribution in [3.05, 3.63) is 0 Å². The fourth-order valence-electron chi connectivity index (χ4n) is 11.0. The van der Waals surface area contributed by atoms with Gasteiger partial charge in [0.05, 0.1) is 110 Å². The minimum absolute atomic E-state index is 0. The van der Waals surface area contributed by atoms with Gasteiger partial charge < -0.3 is 64.8 Å². The largest absolute Gasteiger partial charge is 1.00 e. The number of amides is 4. The molecule has 4 fully saturated rings. The molecule has 4 amide bonds. The van der Waals surface area contributed by atoms with E-state index < -0.39 is 55.7 Å². The van der Waals surface area contributed by atoms with Crippen LogP contribution in [-0.2, 0) is 110 Å². The molecule has 2 aliphatic heterocycles. The molecule has 830 valence electrons. The Morgan fingerprint density at radius 2 is 0.646 bits per heavy atom. The smallest absolute Gasteiger partial charge is 0.380 e. The van der Waals surface area contributed by atoms with E-state index in [-0.39, 0.29) is 205 Å². The predicted molar refractivity (Wildman–Crippen MR) is 585 cm³/mol. The summed E-state index contributed by atoms with van der Waals surface area (Å²) in [6.45, 7) is 22.9. The fourth-order valence-corrected chi connectivity index (χ4v) is 22.2. The maximum absolute atomic E-state index is 11.9. The van der Waals surface area contributed by atoms with Crippen LogP contribution in [0.4, 0.5) is 0 Å². The van der Waals surface area contributed by atoms with Crippen LogP contribution >= 0.6 is 94.1 Å². The van der Waals surface area contributed by atoms with E-state index in [1.165, 1.54) is 173 Å².